The maximum absolute atomic E-state index is 13.1. The lowest BCUT2D eigenvalue weighted by Crippen LogP contribution is -2.31. The van der Waals surface area contributed by atoms with E-state index in [0.29, 0.717) is 42.4 Å². The van der Waals surface area contributed by atoms with E-state index < -0.39 is 0 Å². The molecule has 1 aliphatic rings. The SMILES string of the molecule is N=CN1CCCCOc2ccc(-c3ccccn3)cc2C(=O)Nc2cccc(n2)C1=N. The summed E-state index contributed by atoms with van der Waals surface area (Å²) in [5, 5.41) is 18.8. The van der Waals surface area contributed by atoms with Gasteiger partial charge in [0, 0.05) is 18.3 Å². The van der Waals surface area contributed by atoms with Gasteiger partial charge in [-0.25, -0.2) is 4.98 Å². The lowest BCUT2D eigenvalue weighted by Gasteiger charge is -2.20. The molecule has 3 heterocycles. The first-order chi connectivity index (χ1) is 15.2. The summed E-state index contributed by atoms with van der Waals surface area (Å²) in [6.07, 6.45) is 4.27. The monoisotopic (exact) mass is 414 g/mol. The van der Waals surface area contributed by atoms with Crippen LogP contribution in [0.5, 0.6) is 5.75 Å². The average Bonchev–Trinajstić information content (AvgIpc) is 2.81. The van der Waals surface area contributed by atoms with Gasteiger partial charge in [-0.1, -0.05) is 12.1 Å². The highest BCUT2D eigenvalue weighted by Gasteiger charge is 2.18. The van der Waals surface area contributed by atoms with Crippen LogP contribution in [-0.4, -0.2) is 46.1 Å². The summed E-state index contributed by atoms with van der Waals surface area (Å²) in [5.41, 5.74) is 2.35. The molecule has 1 aromatic carbocycles. The molecule has 8 heteroatoms. The molecule has 0 saturated heterocycles. The summed E-state index contributed by atoms with van der Waals surface area (Å²) in [5.74, 6) is 0.567. The maximum Gasteiger partial charge on any atom is 0.260 e. The molecule has 1 aliphatic heterocycles. The van der Waals surface area contributed by atoms with E-state index in [2.05, 4.69) is 15.3 Å². The number of hydrogen-bond acceptors (Lipinski definition) is 6. The Hall–Kier alpha value is -4.07. The first kappa shape index (κ1) is 20.2. The number of nitrogens with one attached hydrogen (secondary N) is 3. The van der Waals surface area contributed by atoms with E-state index in [1.807, 2.05) is 24.3 Å². The Balaban J connectivity index is 1.72. The van der Waals surface area contributed by atoms with Crippen molar-refractivity contribution in [3.05, 3.63) is 72.1 Å². The van der Waals surface area contributed by atoms with Crippen LogP contribution in [0, 0.1) is 10.8 Å². The predicted molar refractivity (Wildman–Crippen MR) is 119 cm³/mol. The van der Waals surface area contributed by atoms with E-state index >= 15 is 0 Å². The van der Waals surface area contributed by atoms with E-state index in [9.17, 15) is 4.79 Å². The molecule has 8 nitrogen and oxygen atoms in total. The summed E-state index contributed by atoms with van der Waals surface area (Å²) >= 11 is 0. The predicted octanol–water partition coefficient (Wildman–Crippen LogP) is 3.80. The smallest absolute Gasteiger partial charge is 0.260 e. The average molecular weight is 414 g/mol. The van der Waals surface area contributed by atoms with Crippen LogP contribution in [-0.2, 0) is 0 Å². The van der Waals surface area contributed by atoms with Gasteiger partial charge in [-0.2, -0.15) is 0 Å². The van der Waals surface area contributed by atoms with Gasteiger partial charge < -0.3 is 15.0 Å². The van der Waals surface area contributed by atoms with Crippen molar-refractivity contribution in [3.8, 4) is 17.0 Å². The molecule has 156 valence electrons. The number of amides is 1. The Morgan fingerprint density at radius 1 is 1.06 bits per heavy atom. The Morgan fingerprint density at radius 3 is 2.74 bits per heavy atom. The standard InChI is InChI=1S/C23H22N6O2/c24-15-29-12-3-4-13-31-20-10-9-16(18-6-1-2-11-26-18)14-17(20)23(30)28-21-8-5-7-19(27-21)22(29)25/h1-2,5-11,14-15,24-25H,3-4,12-13H2,(H,27,28,30). The van der Waals surface area contributed by atoms with Crippen LogP contribution >= 0.6 is 0 Å². The zero-order chi connectivity index (χ0) is 21.6. The van der Waals surface area contributed by atoms with Crippen molar-refractivity contribution in [2.45, 2.75) is 12.8 Å². The van der Waals surface area contributed by atoms with Crippen molar-refractivity contribution in [2.24, 2.45) is 0 Å². The molecule has 3 aromatic rings. The van der Waals surface area contributed by atoms with E-state index in [-0.39, 0.29) is 11.7 Å². The molecule has 2 bridgehead atoms. The third-order valence-corrected chi connectivity index (χ3v) is 4.91. The molecule has 1 amide bonds. The molecule has 31 heavy (non-hydrogen) atoms. The van der Waals surface area contributed by atoms with Crippen LogP contribution in [0.2, 0.25) is 0 Å². The highest BCUT2D eigenvalue weighted by molar-refractivity contribution is 6.07. The van der Waals surface area contributed by atoms with Gasteiger partial charge in [0.1, 0.15) is 17.3 Å². The number of aromatic nitrogens is 2. The molecule has 0 fully saturated rings. The van der Waals surface area contributed by atoms with Gasteiger partial charge in [-0.05, 0) is 55.3 Å². The number of pyridine rings is 2. The summed E-state index contributed by atoms with van der Waals surface area (Å²) in [7, 11) is 0. The number of benzene rings is 1. The van der Waals surface area contributed by atoms with E-state index in [4.69, 9.17) is 15.6 Å². The number of hydrogen-bond donors (Lipinski definition) is 3. The number of carbonyl (C=O) groups is 1. The second kappa shape index (κ2) is 9.17. The van der Waals surface area contributed by atoms with Crippen LogP contribution in [0.3, 0.4) is 0 Å². The van der Waals surface area contributed by atoms with Crippen LogP contribution in [0.25, 0.3) is 11.3 Å². The minimum atomic E-state index is -0.357. The van der Waals surface area contributed by atoms with Crippen LogP contribution in [0.15, 0.2) is 60.8 Å². The molecule has 2 aromatic heterocycles. The Bertz CT molecular complexity index is 1120. The molecular formula is C23H22N6O2. The lowest BCUT2D eigenvalue weighted by atomic mass is 10.1. The topological polar surface area (TPSA) is 115 Å². The Labute approximate surface area is 179 Å². The number of amidine groups is 1. The number of carbonyl (C=O) groups excluding carboxylic acids is 1. The van der Waals surface area contributed by atoms with Crippen molar-refractivity contribution in [1.29, 1.82) is 10.8 Å². The normalized spacial score (nSPS) is 14.6. The third-order valence-electron chi connectivity index (χ3n) is 4.91. The summed E-state index contributed by atoms with van der Waals surface area (Å²) < 4.78 is 5.91. The van der Waals surface area contributed by atoms with Crippen molar-refractivity contribution in [1.82, 2.24) is 14.9 Å². The fourth-order valence-electron chi connectivity index (χ4n) is 3.30. The van der Waals surface area contributed by atoms with Gasteiger partial charge in [0.2, 0.25) is 0 Å². The quantitative estimate of drug-likeness (QED) is 0.436. The fraction of sp³-hybridized carbons (Fsp3) is 0.174. The highest BCUT2D eigenvalue weighted by Crippen LogP contribution is 2.27. The number of nitrogens with zero attached hydrogens (tertiary/aromatic N) is 3. The van der Waals surface area contributed by atoms with E-state index in [1.165, 1.54) is 4.90 Å². The second-order valence-corrected chi connectivity index (χ2v) is 7.01. The minimum Gasteiger partial charge on any atom is -0.493 e. The molecular weight excluding hydrogens is 392 g/mol. The summed E-state index contributed by atoms with van der Waals surface area (Å²) in [6, 6.07) is 16.1. The first-order valence-corrected chi connectivity index (χ1v) is 9.98. The van der Waals surface area contributed by atoms with Gasteiger partial charge >= 0.3 is 0 Å². The molecule has 3 N–H and O–H groups in total. The second-order valence-electron chi connectivity index (χ2n) is 7.01. The van der Waals surface area contributed by atoms with Gasteiger partial charge in [0.05, 0.1) is 24.2 Å². The molecule has 0 radical (unpaired) electrons. The molecule has 0 saturated carbocycles. The van der Waals surface area contributed by atoms with Gasteiger partial charge in [-0.15, -0.1) is 0 Å². The Kier molecular flexibility index (Phi) is 5.98. The zero-order valence-electron chi connectivity index (χ0n) is 16.8. The summed E-state index contributed by atoms with van der Waals surface area (Å²) in [6.45, 7) is 0.932. The van der Waals surface area contributed by atoms with Gasteiger partial charge in [-0.3, -0.25) is 20.6 Å². The molecule has 4 rings (SSSR count). The molecule has 0 spiro atoms. The molecule has 0 unspecified atom stereocenters. The van der Waals surface area contributed by atoms with E-state index in [1.54, 1.807) is 36.5 Å². The van der Waals surface area contributed by atoms with Gasteiger partial charge in [0.15, 0.2) is 5.84 Å². The van der Waals surface area contributed by atoms with Gasteiger partial charge in [0.25, 0.3) is 5.91 Å². The largest absolute Gasteiger partial charge is 0.493 e. The molecule has 0 aliphatic carbocycles. The number of rotatable bonds is 2. The number of ether oxygens (including phenoxy) is 1. The third kappa shape index (κ3) is 4.58. The van der Waals surface area contributed by atoms with Crippen LogP contribution in [0.1, 0.15) is 28.9 Å². The lowest BCUT2D eigenvalue weighted by molar-refractivity contribution is 0.102. The zero-order valence-corrected chi connectivity index (χ0v) is 16.8. The molecule has 0 atom stereocenters. The van der Waals surface area contributed by atoms with Crippen LogP contribution in [0.4, 0.5) is 5.82 Å². The Morgan fingerprint density at radius 2 is 1.94 bits per heavy atom. The van der Waals surface area contributed by atoms with Crippen LogP contribution < -0.4 is 10.1 Å². The van der Waals surface area contributed by atoms with E-state index in [0.717, 1.165) is 24.0 Å². The summed E-state index contributed by atoms with van der Waals surface area (Å²) in [4.78, 5) is 23.4. The minimum absolute atomic E-state index is 0.113. The number of fused-ring (bicyclic) bond motifs is 3. The van der Waals surface area contributed by atoms with Crippen molar-refractivity contribution >= 4 is 23.9 Å². The van der Waals surface area contributed by atoms with Crippen molar-refractivity contribution in [2.75, 3.05) is 18.5 Å². The number of anilines is 1. The maximum atomic E-state index is 13.1. The van der Waals surface area contributed by atoms with Crippen molar-refractivity contribution in [3.63, 3.8) is 0 Å². The first-order valence-electron chi connectivity index (χ1n) is 9.98. The van der Waals surface area contributed by atoms with Crippen molar-refractivity contribution < 1.29 is 9.53 Å². The fourth-order valence-corrected chi connectivity index (χ4v) is 3.30. The highest BCUT2D eigenvalue weighted by atomic mass is 16.5.